The van der Waals surface area contributed by atoms with Gasteiger partial charge in [-0.3, -0.25) is 4.79 Å². The van der Waals surface area contributed by atoms with Crippen LogP contribution < -0.4 is 0 Å². The maximum atomic E-state index is 12.2. The van der Waals surface area contributed by atoms with Gasteiger partial charge in [0.15, 0.2) is 0 Å². The average molecular weight is 312 g/mol. The zero-order valence-electron chi connectivity index (χ0n) is 14.0. The van der Waals surface area contributed by atoms with Crippen LogP contribution in [0.2, 0.25) is 0 Å². The molecule has 0 saturated heterocycles. The molecule has 122 valence electrons. The molecule has 1 atom stereocenters. The van der Waals surface area contributed by atoms with Crippen molar-refractivity contribution in [2.24, 2.45) is 0 Å². The summed E-state index contributed by atoms with van der Waals surface area (Å²) >= 11 is 0. The van der Waals surface area contributed by atoms with Crippen LogP contribution in [0.1, 0.15) is 35.1 Å². The number of carbonyl (C=O) groups is 1. The van der Waals surface area contributed by atoms with Crippen molar-refractivity contribution in [3.63, 3.8) is 0 Å². The van der Waals surface area contributed by atoms with Crippen LogP contribution in [0.4, 0.5) is 0 Å². The Balaban J connectivity index is 2.05. The number of aryl methyl sites for hydroxylation is 2. The number of carbonyl (C=O) groups excluding carboxylic acids is 1. The Morgan fingerprint density at radius 2 is 1.65 bits per heavy atom. The van der Waals surface area contributed by atoms with Gasteiger partial charge < -0.3 is 9.47 Å². The van der Waals surface area contributed by atoms with E-state index in [4.69, 9.17) is 9.47 Å². The lowest BCUT2D eigenvalue weighted by Gasteiger charge is -2.17. The normalized spacial score (nSPS) is 12.0. The van der Waals surface area contributed by atoms with Gasteiger partial charge >= 0.3 is 5.97 Å². The van der Waals surface area contributed by atoms with Crippen molar-refractivity contribution >= 4 is 5.97 Å². The fourth-order valence-corrected chi connectivity index (χ4v) is 2.58. The molecule has 0 aliphatic rings. The van der Waals surface area contributed by atoms with Crippen LogP contribution in [0, 0.1) is 13.8 Å². The smallest absolute Gasteiger partial charge is 0.315 e. The molecule has 3 nitrogen and oxygen atoms in total. The maximum Gasteiger partial charge on any atom is 0.315 e. The van der Waals surface area contributed by atoms with Gasteiger partial charge in [-0.1, -0.05) is 48.5 Å². The Hall–Kier alpha value is -2.13. The number of esters is 1. The summed E-state index contributed by atoms with van der Waals surface area (Å²) in [6.07, 6.45) is 0. The van der Waals surface area contributed by atoms with E-state index < -0.39 is 0 Å². The second-order valence-electron chi connectivity index (χ2n) is 5.60. The standard InChI is InChI=1S/C20H24O3/c1-4-23-20(21)19(17-11-6-5-7-12-17)14-22-13-18-15(2)9-8-10-16(18)3/h5-12,19H,4,13-14H2,1-3H3. The first-order chi connectivity index (χ1) is 11.1. The van der Waals surface area contributed by atoms with Crippen molar-refractivity contribution in [2.75, 3.05) is 13.2 Å². The monoisotopic (exact) mass is 312 g/mol. The van der Waals surface area contributed by atoms with Crippen LogP contribution in [-0.2, 0) is 20.9 Å². The number of hydrogen-bond acceptors (Lipinski definition) is 3. The molecule has 0 fully saturated rings. The van der Waals surface area contributed by atoms with Gasteiger partial charge in [0.2, 0.25) is 0 Å². The van der Waals surface area contributed by atoms with E-state index >= 15 is 0 Å². The van der Waals surface area contributed by atoms with E-state index in [0.29, 0.717) is 19.8 Å². The summed E-state index contributed by atoms with van der Waals surface area (Å²) in [7, 11) is 0. The van der Waals surface area contributed by atoms with Gasteiger partial charge in [-0.25, -0.2) is 0 Å². The van der Waals surface area contributed by atoms with E-state index in [1.807, 2.05) is 43.3 Å². The first-order valence-corrected chi connectivity index (χ1v) is 7.98. The summed E-state index contributed by atoms with van der Waals surface area (Å²) in [6.45, 7) is 7.16. The minimum Gasteiger partial charge on any atom is -0.465 e. The highest BCUT2D eigenvalue weighted by atomic mass is 16.5. The third kappa shape index (κ3) is 4.67. The highest BCUT2D eigenvalue weighted by molar-refractivity contribution is 5.78. The lowest BCUT2D eigenvalue weighted by atomic mass is 10.00. The largest absolute Gasteiger partial charge is 0.465 e. The number of rotatable bonds is 7. The van der Waals surface area contributed by atoms with Gasteiger partial charge in [-0.15, -0.1) is 0 Å². The van der Waals surface area contributed by atoms with Crippen molar-refractivity contribution in [3.05, 3.63) is 70.8 Å². The molecule has 3 heteroatoms. The van der Waals surface area contributed by atoms with E-state index in [0.717, 1.165) is 5.56 Å². The molecule has 0 aliphatic heterocycles. The summed E-state index contributed by atoms with van der Waals surface area (Å²) in [4.78, 5) is 12.2. The van der Waals surface area contributed by atoms with Gasteiger partial charge in [0.05, 0.1) is 19.8 Å². The molecule has 2 aromatic carbocycles. The van der Waals surface area contributed by atoms with Crippen molar-refractivity contribution in [3.8, 4) is 0 Å². The molecule has 2 rings (SSSR count). The highest BCUT2D eigenvalue weighted by Gasteiger charge is 2.22. The van der Waals surface area contributed by atoms with Crippen molar-refractivity contribution in [1.82, 2.24) is 0 Å². The molecule has 0 bridgehead atoms. The van der Waals surface area contributed by atoms with E-state index in [9.17, 15) is 4.79 Å². The molecule has 0 heterocycles. The topological polar surface area (TPSA) is 35.5 Å². The van der Waals surface area contributed by atoms with Crippen LogP contribution in [0.3, 0.4) is 0 Å². The predicted molar refractivity (Wildman–Crippen MR) is 91.4 cm³/mol. The predicted octanol–water partition coefficient (Wildman–Crippen LogP) is 4.17. The first-order valence-electron chi connectivity index (χ1n) is 7.98. The summed E-state index contributed by atoms with van der Waals surface area (Å²) in [6, 6.07) is 15.8. The molecular weight excluding hydrogens is 288 g/mol. The van der Waals surface area contributed by atoms with Crippen molar-refractivity contribution < 1.29 is 14.3 Å². The third-order valence-electron chi connectivity index (χ3n) is 3.95. The molecule has 0 aliphatic carbocycles. The van der Waals surface area contributed by atoms with Crippen molar-refractivity contribution in [2.45, 2.75) is 33.3 Å². The molecular formula is C20H24O3. The lowest BCUT2D eigenvalue weighted by molar-refractivity contribution is -0.146. The summed E-state index contributed by atoms with van der Waals surface area (Å²) in [5.41, 5.74) is 4.52. The van der Waals surface area contributed by atoms with Gasteiger partial charge in [0.25, 0.3) is 0 Å². The van der Waals surface area contributed by atoms with Gasteiger partial charge in [0.1, 0.15) is 5.92 Å². The minimum absolute atomic E-state index is 0.236. The Morgan fingerprint density at radius 1 is 1.00 bits per heavy atom. The maximum absolute atomic E-state index is 12.2. The zero-order valence-corrected chi connectivity index (χ0v) is 14.0. The molecule has 23 heavy (non-hydrogen) atoms. The molecule has 0 spiro atoms. The highest BCUT2D eigenvalue weighted by Crippen LogP contribution is 2.20. The first kappa shape index (κ1) is 17.2. The van der Waals surface area contributed by atoms with E-state index in [-0.39, 0.29) is 11.9 Å². The summed E-state index contributed by atoms with van der Waals surface area (Å²) in [5, 5.41) is 0. The van der Waals surface area contributed by atoms with Gasteiger partial charge in [0, 0.05) is 0 Å². The molecule has 0 amide bonds. The van der Waals surface area contributed by atoms with Crippen LogP contribution >= 0.6 is 0 Å². The number of ether oxygens (including phenoxy) is 2. The average Bonchev–Trinajstić information content (AvgIpc) is 2.55. The molecule has 2 aromatic rings. The Labute approximate surface area is 138 Å². The van der Waals surface area contributed by atoms with Gasteiger partial charge in [-0.2, -0.15) is 0 Å². The molecule has 1 unspecified atom stereocenters. The second-order valence-corrected chi connectivity index (χ2v) is 5.60. The van der Waals surface area contributed by atoms with E-state index in [1.54, 1.807) is 0 Å². The van der Waals surface area contributed by atoms with E-state index in [2.05, 4.69) is 26.0 Å². The van der Waals surface area contributed by atoms with Crippen molar-refractivity contribution in [1.29, 1.82) is 0 Å². The summed E-state index contributed by atoms with van der Waals surface area (Å²) < 4.78 is 11.1. The van der Waals surface area contributed by atoms with Crippen LogP contribution in [0.25, 0.3) is 0 Å². The molecule has 0 saturated carbocycles. The number of hydrogen-bond donors (Lipinski definition) is 0. The summed E-state index contributed by atoms with van der Waals surface area (Å²) in [5.74, 6) is -0.624. The Bertz CT molecular complexity index is 614. The zero-order chi connectivity index (χ0) is 16.7. The SMILES string of the molecule is CCOC(=O)C(COCc1c(C)cccc1C)c1ccccc1. The third-order valence-corrected chi connectivity index (χ3v) is 3.95. The minimum atomic E-state index is -0.388. The molecule has 0 radical (unpaired) electrons. The quantitative estimate of drug-likeness (QED) is 0.720. The second kappa shape index (κ2) is 8.49. The van der Waals surface area contributed by atoms with Gasteiger partial charge in [-0.05, 0) is 43.0 Å². The Kier molecular flexibility index (Phi) is 6.36. The van der Waals surface area contributed by atoms with Crippen LogP contribution in [-0.4, -0.2) is 19.2 Å². The lowest BCUT2D eigenvalue weighted by Crippen LogP contribution is -2.21. The molecule has 0 aromatic heterocycles. The Morgan fingerprint density at radius 3 is 2.26 bits per heavy atom. The van der Waals surface area contributed by atoms with E-state index in [1.165, 1.54) is 16.7 Å². The fraction of sp³-hybridized carbons (Fsp3) is 0.350. The number of benzene rings is 2. The fourth-order valence-electron chi connectivity index (χ4n) is 2.58. The van der Waals surface area contributed by atoms with Crippen LogP contribution in [0.15, 0.2) is 48.5 Å². The van der Waals surface area contributed by atoms with Crippen LogP contribution in [0.5, 0.6) is 0 Å². The molecule has 0 N–H and O–H groups in total.